The smallest absolute Gasteiger partial charge is 0.399 e. The number of benzene rings is 2. The van der Waals surface area contributed by atoms with Crippen LogP contribution < -0.4 is 5.46 Å². The van der Waals surface area contributed by atoms with E-state index in [9.17, 15) is 0 Å². The normalized spacial score (nSPS) is 18.8. The first-order chi connectivity index (χ1) is 11.3. The topological polar surface area (TPSA) is 18.5 Å². The highest BCUT2D eigenvalue weighted by atomic mass is 32.2. The minimum absolute atomic E-state index is 0.284. The molecule has 0 amide bonds. The Kier molecular flexibility index (Phi) is 4.83. The molecule has 1 saturated heterocycles. The Morgan fingerprint density at radius 3 is 1.92 bits per heavy atom. The van der Waals surface area contributed by atoms with E-state index in [0.29, 0.717) is 0 Å². The largest absolute Gasteiger partial charge is 0.494 e. The van der Waals surface area contributed by atoms with Gasteiger partial charge >= 0.3 is 7.12 Å². The van der Waals surface area contributed by atoms with Crippen molar-refractivity contribution in [1.82, 2.24) is 0 Å². The van der Waals surface area contributed by atoms with E-state index >= 15 is 0 Å². The van der Waals surface area contributed by atoms with Gasteiger partial charge < -0.3 is 9.31 Å². The summed E-state index contributed by atoms with van der Waals surface area (Å²) in [5.41, 5.74) is 3.10. The molecule has 2 aromatic rings. The summed E-state index contributed by atoms with van der Waals surface area (Å²) in [6.07, 6.45) is 0. The number of hydrogen-bond donors (Lipinski definition) is 0. The summed E-state index contributed by atoms with van der Waals surface area (Å²) in [5.74, 6) is 0.965. The van der Waals surface area contributed by atoms with E-state index in [4.69, 9.17) is 9.31 Å². The molecular weight excluding hydrogens is 315 g/mol. The first-order valence-corrected chi connectivity index (χ1v) is 9.39. The molecule has 1 fully saturated rings. The summed E-state index contributed by atoms with van der Waals surface area (Å²) in [4.78, 5) is 1.30. The first-order valence-electron chi connectivity index (χ1n) is 8.41. The van der Waals surface area contributed by atoms with Crippen molar-refractivity contribution in [2.45, 2.75) is 56.5 Å². The van der Waals surface area contributed by atoms with E-state index < -0.39 is 0 Å². The highest BCUT2D eigenvalue weighted by Gasteiger charge is 2.51. The van der Waals surface area contributed by atoms with Crippen LogP contribution >= 0.6 is 11.8 Å². The third-order valence-electron chi connectivity index (χ3n) is 4.93. The number of aryl methyl sites for hydroxylation is 1. The van der Waals surface area contributed by atoms with Gasteiger partial charge in [0.05, 0.1) is 11.2 Å². The van der Waals surface area contributed by atoms with E-state index in [0.717, 1.165) is 11.2 Å². The molecule has 0 aromatic heterocycles. The molecule has 0 spiro atoms. The average molecular weight is 340 g/mol. The molecule has 1 heterocycles. The Morgan fingerprint density at radius 2 is 1.38 bits per heavy atom. The lowest BCUT2D eigenvalue weighted by atomic mass is 9.79. The minimum Gasteiger partial charge on any atom is -0.399 e. The van der Waals surface area contributed by atoms with E-state index in [1.807, 2.05) is 11.8 Å². The third-order valence-corrected chi connectivity index (χ3v) is 6.01. The van der Waals surface area contributed by atoms with Crippen LogP contribution in [0.25, 0.3) is 0 Å². The average Bonchev–Trinajstić information content (AvgIpc) is 2.75. The molecule has 3 rings (SSSR count). The Labute approximate surface area is 150 Å². The highest BCUT2D eigenvalue weighted by molar-refractivity contribution is 7.98. The lowest BCUT2D eigenvalue weighted by Gasteiger charge is -2.32. The van der Waals surface area contributed by atoms with E-state index in [-0.39, 0.29) is 18.3 Å². The molecule has 4 heteroatoms. The van der Waals surface area contributed by atoms with Crippen LogP contribution in [0.4, 0.5) is 0 Å². The van der Waals surface area contributed by atoms with Crippen LogP contribution in [-0.2, 0) is 15.1 Å². The predicted molar refractivity (Wildman–Crippen MR) is 103 cm³/mol. The van der Waals surface area contributed by atoms with Gasteiger partial charge in [-0.05, 0) is 57.8 Å². The second-order valence-electron chi connectivity index (χ2n) is 7.43. The fourth-order valence-electron chi connectivity index (χ4n) is 2.55. The molecule has 0 saturated carbocycles. The van der Waals surface area contributed by atoms with Gasteiger partial charge in [0.2, 0.25) is 0 Å². The zero-order valence-corrected chi connectivity index (χ0v) is 15.9. The van der Waals surface area contributed by atoms with Crippen molar-refractivity contribution in [3.8, 4) is 0 Å². The molecule has 0 bridgehead atoms. The fraction of sp³-hybridized carbons (Fsp3) is 0.400. The Hall–Kier alpha value is -1.23. The molecule has 2 nitrogen and oxygen atoms in total. The van der Waals surface area contributed by atoms with Gasteiger partial charge in [0, 0.05) is 10.6 Å². The fourth-order valence-corrected chi connectivity index (χ4v) is 3.41. The lowest BCUT2D eigenvalue weighted by Crippen LogP contribution is -2.41. The van der Waals surface area contributed by atoms with Crippen molar-refractivity contribution in [2.75, 3.05) is 0 Å². The van der Waals surface area contributed by atoms with Crippen molar-refractivity contribution in [3.63, 3.8) is 0 Å². The molecule has 1 aliphatic rings. The lowest BCUT2D eigenvalue weighted by molar-refractivity contribution is 0.00578. The molecule has 0 radical (unpaired) electrons. The van der Waals surface area contributed by atoms with Crippen LogP contribution in [0.1, 0.15) is 38.8 Å². The van der Waals surface area contributed by atoms with E-state index in [2.05, 4.69) is 83.1 Å². The Bertz CT molecular complexity index is 677. The highest BCUT2D eigenvalue weighted by Crippen LogP contribution is 2.36. The van der Waals surface area contributed by atoms with Crippen LogP contribution in [0.5, 0.6) is 0 Å². The van der Waals surface area contributed by atoms with Crippen molar-refractivity contribution in [2.24, 2.45) is 0 Å². The van der Waals surface area contributed by atoms with Gasteiger partial charge in [-0.25, -0.2) is 0 Å². The van der Waals surface area contributed by atoms with Crippen molar-refractivity contribution in [3.05, 3.63) is 59.7 Å². The van der Waals surface area contributed by atoms with E-state index in [1.165, 1.54) is 16.0 Å². The van der Waals surface area contributed by atoms with Gasteiger partial charge in [-0.15, -0.1) is 11.8 Å². The number of rotatable bonds is 4. The van der Waals surface area contributed by atoms with Gasteiger partial charge in [0.1, 0.15) is 0 Å². The summed E-state index contributed by atoms with van der Waals surface area (Å²) in [6, 6.07) is 17.2. The van der Waals surface area contributed by atoms with Gasteiger partial charge in [0.25, 0.3) is 0 Å². The molecule has 0 aliphatic carbocycles. The maximum absolute atomic E-state index is 6.10. The molecule has 0 unspecified atom stereocenters. The van der Waals surface area contributed by atoms with Crippen LogP contribution in [0.2, 0.25) is 0 Å². The van der Waals surface area contributed by atoms with Crippen molar-refractivity contribution >= 4 is 24.3 Å². The van der Waals surface area contributed by atoms with Crippen molar-refractivity contribution < 1.29 is 9.31 Å². The molecule has 126 valence electrons. The number of thioether (sulfide) groups is 1. The maximum Gasteiger partial charge on any atom is 0.494 e. The molecule has 0 N–H and O–H groups in total. The van der Waals surface area contributed by atoms with Gasteiger partial charge in [-0.3, -0.25) is 0 Å². The second kappa shape index (κ2) is 6.59. The monoisotopic (exact) mass is 340 g/mol. The molecular formula is C20H25BO2S. The van der Waals surface area contributed by atoms with E-state index in [1.54, 1.807) is 0 Å². The molecule has 2 aromatic carbocycles. The first kappa shape index (κ1) is 17.6. The SMILES string of the molecule is Cc1ccc(SCc2ccc(B3OC(C)(C)C(C)(C)O3)cc2)cc1. The summed E-state index contributed by atoms with van der Waals surface area (Å²) in [5, 5.41) is 0. The standard InChI is InChI=1S/C20H25BO2S/c1-15-6-12-18(13-7-15)24-14-16-8-10-17(11-9-16)21-22-19(2,3)20(4,5)23-21/h6-13H,14H2,1-5H3. The Morgan fingerprint density at radius 1 is 0.833 bits per heavy atom. The van der Waals surface area contributed by atoms with Gasteiger partial charge in [-0.2, -0.15) is 0 Å². The van der Waals surface area contributed by atoms with Crippen LogP contribution in [0, 0.1) is 6.92 Å². The molecule has 1 aliphatic heterocycles. The minimum atomic E-state index is -0.294. The summed E-state index contributed by atoms with van der Waals surface area (Å²) in [7, 11) is -0.284. The second-order valence-corrected chi connectivity index (χ2v) is 8.48. The van der Waals surface area contributed by atoms with Crippen LogP contribution in [-0.4, -0.2) is 18.3 Å². The van der Waals surface area contributed by atoms with Gasteiger partial charge in [-0.1, -0.05) is 42.0 Å². The van der Waals surface area contributed by atoms with Crippen LogP contribution in [0.15, 0.2) is 53.4 Å². The molecule has 24 heavy (non-hydrogen) atoms. The summed E-state index contributed by atoms with van der Waals surface area (Å²) in [6.45, 7) is 10.4. The molecule has 0 atom stereocenters. The predicted octanol–water partition coefficient (Wildman–Crippen LogP) is 4.59. The van der Waals surface area contributed by atoms with Crippen LogP contribution in [0.3, 0.4) is 0 Å². The number of hydrogen-bond acceptors (Lipinski definition) is 3. The quantitative estimate of drug-likeness (QED) is 0.599. The van der Waals surface area contributed by atoms with Crippen molar-refractivity contribution in [1.29, 1.82) is 0 Å². The zero-order valence-electron chi connectivity index (χ0n) is 15.1. The third kappa shape index (κ3) is 3.71. The zero-order chi connectivity index (χ0) is 17.4. The Balaban J connectivity index is 1.63. The maximum atomic E-state index is 6.10. The van der Waals surface area contributed by atoms with Gasteiger partial charge in [0.15, 0.2) is 0 Å². The summed E-state index contributed by atoms with van der Waals surface area (Å²) >= 11 is 1.86. The summed E-state index contributed by atoms with van der Waals surface area (Å²) < 4.78 is 12.2.